The first-order chi connectivity index (χ1) is 6.22. The lowest BCUT2D eigenvalue weighted by Gasteiger charge is -2.07. The van der Waals surface area contributed by atoms with Crippen LogP contribution >= 0.6 is 0 Å². The Kier molecular flexibility index (Phi) is 3.27. The summed E-state index contributed by atoms with van der Waals surface area (Å²) in [6.07, 6.45) is 1.57. The minimum atomic E-state index is 0.414. The molecule has 13 heavy (non-hydrogen) atoms. The summed E-state index contributed by atoms with van der Waals surface area (Å²) in [5, 5.41) is 8.49. The van der Waals surface area contributed by atoms with E-state index in [0.29, 0.717) is 24.0 Å². The highest BCUT2D eigenvalue weighted by Gasteiger charge is 1.97. The summed E-state index contributed by atoms with van der Waals surface area (Å²) >= 11 is 0. The Bertz CT molecular complexity index is 298. The highest BCUT2D eigenvalue weighted by Crippen LogP contribution is 2.09. The molecular formula is C10H12N2O. The van der Waals surface area contributed by atoms with E-state index in [1.807, 2.05) is 6.07 Å². The lowest BCUT2D eigenvalue weighted by molar-refractivity contribution is 0.270. The summed E-state index contributed by atoms with van der Waals surface area (Å²) in [6.45, 7) is 4.84. The van der Waals surface area contributed by atoms with E-state index >= 15 is 0 Å². The number of pyridine rings is 1. The van der Waals surface area contributed by atoms with Crippen molar-refractivity contribution in [2.45, 2.75) is 13.8 Å². The average Bonchev–Trinajstić information content (AvgIpc) is 2.15. The van der Waals surface area contributed by atoms with Gasteiger partial charge in [0.2, 0.25) is 0 Å². The maximum atomic E-state index is 8.49. The lowest BCUT2D eigenvalue weighted by atomic mass is 10.2. The van der Waals surface area contributed by atoms with Crippen LogP contribution in [0.15, 0.2) is 18.3 Å². The zero-order valence-electron chi connectivity index (χ0n) is 7.82. The third-order valence-corrected chi connectivity index (χ3v) is 1.43. The van der Waals surface area contributed by atoms with Crippen molar-refractivity contribution in [2.75, 3.05) is 6.61 Å². The van der Waals surface area contributed by atoms with Gasteiger partial charge in [-0.1, -0.05) is 13.8 Å². The van der Waals surface area contributed by atoms with Crippen LogP contribution in [0.1, 0.15) is 19.5 Å². The van der Waals surface area contributed by atoms with Crippen LogP contribution in [-0.2, 0) is 0 Å². The predicted octanol–water partition coefficient (Wildman–Crippen LogP) is 1.99. The number of ether oxygens (including phenoxy) is 1. The standard InChI is InChI=1S/C10H12N2O/c1-8(2)7-13-10-4-3-9(5-11)12-6-10/h3-4,6,8H,7H2,1-2H3. The van der Waals surface area contributed by atoms with Gasteiger partial charge < -0.3 is 4.74 Å². The molecule has 0 aliphatic heterocycles. The number of hydrogen-bond acceptors (Lipinski definition) is 3. The van der Waals surface area contributed by atoms with Gasteiger partial charge in [-0.25, -0.2) is 4.98 Å². The summed E-state index contributed by atoms with van der Waals surface area (Å²) in [4.78, 5) is 3.89. The molecule has 1 aromatic heterocycles. The normalized spacial score (nSPS) is 9.69. The number of aromatic nitrogens is 1. The fourth-order valence-corrected chi connectivity index (χ4v) is 0.795. The zero-order valence-corrected chi connectivity index (χ0v) is 7.82. The number of nitriles is 1. The van der Waals surface area contributed by atoms with Gasteiger partial charge >= 0.3 is 0 Å². The second kappa shape index (κ2) is 4.46. The predicted molar refractivity (Wildman–Crippen MR) is 49.3 cm³/mol. The maximum absolute atomic E-state index is 8.49. The summed E-state index contributed by atoms with van der Waals surface area (Å²) in [6, 6.07) is 5.36. The van der Waals surface area contributed by atoms with Crippen molar-refractivity contribution < 1.29 is 4.74 Å². The minimum absolute atomic E-state index is 0.414. The fraction of sp³-hybridized carbons (Fsp3) is 0.400. The monoisotopic (exact) mass is 176 g/mol. The molecule has 0 saturated heterocycles. The molecule has 68 valence electrons. The summed E-state index contributed by atoms with van der Waals surface area (Å²) in [5.74, 6) is 1.21. The first kappa shape index (κ1) is 9.53. The van der Waals surface area contributed by atoms with Gasteiger partial charge in [0.1, 0.15) is 17.5 Å². The Hall–Kier alpha value is -1.56. The van der Waals surface area contributed by atoms with E-state index in [1.54, 1.807) is 18.3 Å². The van der Waals surface area contributed by atoms with Crippen molar-refractivity contribution in [3.8, 4) is 11.8 Å². The second-order valence-corrected chi connectivity index (χ2v) is 3.20. The van der Waals surface area contributed by atoms with Gasteiger partial charge in [-0.05, 0) is 18.1 Å². The highest BCUT2D eigenvalue weighted by molar-refractivity contribution is 5.26. The molecule has 0 radical (unpaired) electrons. The van der Waals surface area contributed by atoms with Crippen LogP contribution in [-0.4, -0.2) is 11.6 Å². The average molecular weight is 176 g/mol. The Labute approximate surface area is 78.0 Å². The van der Waals surface area contributed by atoms with Crippen molar-refractivity contribution in [2.24, 2.45) is 5.92 Å². The second-order valence-electron chi connectivity index (χ2n) is 3.20. The topological polar surface area (TPSA) is 45.9 Å². The van der Waals surface area contributed by atoms with Crippen LogP contribution in [0.4, 0.5) is 0 Å². The van der Waals surface area contributed by atoms with E-state index in [-0.39, 0.29) is 0 Å². The quantitative estimate of drug-likeness (QED) is 0.707. The van der Waals surface area contributed by atoms with Crippen molar-refractivity contribution in [1.29, 1.82) is 5.26 Å². The van der Waals surface area contributed by atoms with Gasteiger partial charge in [-0.3, -0.25) is 0 Å². The van der Waals surface area contributed by atoms with E-state index in [0.717, 1.165) is 0 Å². The third-order valence-electron chi connectivity index (χ3n) is 1.43. The first-order valence-electron chi connectivity index (χ1n) is 4.21. The molecule has 3 heteroatoms. The molecule has 0 fully saturated rings. The largest absolute Gasteiger partial charge is 0.492 e. The molecule has 0 N–H and O–H groups in total. The van der Waals surface area contributed by atoms with Crippen molar-refractivity contribution >= 4 is 0 Å². The summed E-state index contributed by atoms with van der Waals surface area (Å²) in [7, 11) is 0. The highest BCUT2D eigenvalue weighted by atomic mass is 16.5. The van der Waals surface area contributed by atoms with Crippen LogP contribution in [0.25, 0.3) is 0 Å². The molecule has 0 aliphatic carbocycles. The van der Waals surface area contributed by atoms with Gasteiger partial charge in [0.25, 0.3) is 0 Å². The molecule has 1 rings (SSSR count). The van der Waals surface area contributed by atoms with Gasteiger partial charge in [-0.2, -0.15) is 5.26 Å². The van der Waals surface area contributed by atoms with Crippen molar-refractivity contribution in [3.05, 3.63) is 24.0 Å². The van der Waals surface area contributed by atoms with Crippen LogP contribution in [0, 0.1) is 17.2 Å². The van der Waals surface area contributed by atoms with Crippen LogP contribution < -0.4 is 4.74 Å². The molecule has 0 amide bonds. The Balaban J connectivity index is 2.55. The van der Waals surface area contributed by atoms with E-state index in [2.05, 4.69) is 18.8 Å². The van der Waals surface area contributed by atoms with Crippen LogP contribution in [0.2, 0.25) is 0 Å². The molecule has 0 spiro atoms. The summed E-state index contributed by atoms with van der Waals surface area (Å²) in [5.41, 5.74) is 0.414. The third kappa shape index (κ3) is 3.12. The van der Waals surface area contributed by atoms with E-state index in [9.17, 15) is 0 Å². The van der Waals surface area contributed by atoms with E-state index in [4.69, 9.17) is 10.00 Å². The molecule has 0 bridgehead atoms. The molecule has 1 aromatic rings. The minimum Gasteiger partial charge on any atom is -0.492 e. The van der Waals surface area contributed by atoms with Gasteiger partial charge in [0.15, 0.2) is 0 Å². The van der Waals surface area contributed by atoms with Gasteiger partial charge in [0, 0.05) is 0 Å². The number of rotatable bonds is 3. The van der Waals surface area contributed by atoms with Crippen molar-refractivity contribution in [1.82, 2.24) is 4.98 Å². The summed E-state index contributed by atoms with van der Waals surface area (Å²) < 4.78 is 5.39. The number of hydrogen-bond donors (Lipinski definition) is 0. The molecule has 0 unspecified atom stereocenters. The molecule has 0 aromatic carbocycles. The first-order valence-corrected chi connectivity index (χ1v) is 4.21. The van der Waals surface area contributed by atoms with Crippen LogP contribution in [0.3, 0.4) is 0 Å². The maximum Gasteiger partial charge on any atom is 0.140 e. The van der Waals surface area contributed by atoms with Gasteiger partial charge in [0.05, 0.1) is 12.8 Å². The van der Waals surface area contributed by atoms with E-state index < -0.39 is 0 Å². The molecule has 0 atom stereocenters. The smallest absolute Gasteiger partial charge is 0.140 e. The molecule has 0 saturated carbocycles. The lowest BCUT2D eigenvalue weighted by Crippen LogP contribution is -2.04. The van der Waals surface area contributed by atoms with Gasteiger partial charge in [-0.15, -0.1) is 0 Å². The molecule has 3 nitrogen and oxygen atoms in total. The fourth-order valence-electron chi connectivity index (χ4n) is 0.795. The number of nitrogens with zero attached hydrogens (tertiary/aromatic N) is 2. The Morgan fingerprint density at radius 1 is 1.54 bits per heavy atom. The molecule has 0 aliphatic rings. The van der Waals surface area contributed by atoms with Crippen LogP contribution in [0.5, 0.6) is 5.75 Å². The molecular weight excluding hydrogens is 164 g/mol. The SMILES string of the molecule is CC(C)COc1ccc(C#N)nc1. The van der Waals surface area contributed by atoms with E-state index in [1.165, 1.54) is 0 Å². The molecule has 1 heterocycles. The Morgan fingerprint density at radius 3 is 2.77 bits per heavy atom. The van der Waals surface area contributed by atoms with Crippen molar-refractivity contribution in [3.63, 3.8) is 0 Å². The Morgan fingerprint density at radius 2 is 2.31 bits per heavy atom. The zero-order chi connectivity index (χ0) is 9.68.